The van der Waals surface area contributed by atoms with Crippen LogP contribution in [0.4, 0.5) is 0 Å². The van der Waals surface area contributed by atoms with Gasteiger partial charge in [-0.2, -0.15) is 0 Å². The third kappa shape index (κ3) is 4.99. The van der Waals surface area contributed by atoms with Gasteiger partial charge in [0.1, 0.15) is 5.82 Å². The van der Waals surface area contributed by atoms with Gasteiger partial charge in [0.05, 0.1) is 25.4 Å². The minimum Gasteiger partial charge on any atom is -0.389 e. The molecule has 0 saturated heterocycles. The number of hydrogen-bond donors (Lipinski definition) is 2. The first-order valence-electron chi connectivity index (χ1n) is 8.28. The zero-order valence-corrected chi connectivity index (χ0v) is 15.0. The Morgan fingerprint density at radius 2 is 2.08 bits per heavy atom. The van der Waals surface area contributed by atoms with E-state index in [9.17, 15) is 5.11 Å². The number of aliphatic hydroxyl groups excluding tert-OH is 1. The van der Waals surface area contributed by atoms with Crippen molar-refractivity contribution in [3.63, 3.8) is 0 Å². The maximum atomic E-state index is 10.2. The summed E-state index contributed by atoms with van der Waals surface area (Å²) >= 11 is 1.66. The molecule has 5 nitrogen and oxygen atoms in total. The zero-order chi connectivity index (χ0) is 17.5. The summed E-state index contributed by atoms with van der Waals surface area (Å²) in [6.07, 6.45) is 3.13. The predicted octanol–water partition coefficient (Wildman–Crippen LogP) is 2.74. The maximum Gasteiger partial charge on any atom is 0.130 e. The van der Waals surface area contributed by atoms with E-state index < -0.39 is 6.10 Å². The van der Waals surface area contributed by atoms with E-state index >= 15 is 0 Å². The fourth-order valence-corrected chi connectivity index (χ4v) is 3.30. The Morgan fingerprint density at radius 3 is 2.76 bits per heavy atom. The molecule has 2 aromatic heterocycles. The quantitative estimate of drug-likeness (QED) is 0.618. The van der Waals surface area contributed by atoms with Crippen molar-refractivity contribution in [2.45, 2.75) is 18.8 Å². The standard InChI is InChI=1S/C19H23N3O2S/c1-22-10-9-20-19(22)18(15-6-3-2-4-7-15)21-12-16(23)13-24-14-17-8-5-11-25-17/h2-11,16,18,21,23H,12-14H2,1H3/t16-,18-/m1/s1. The van der Waals surface area contributed by atoms with Crippen LogP contribution in [0.2, 0.25) is 0 Å². The number of nitrogens with zero attached hydrogens (tertiary/aromatic N) is 2. The Labute approximate surface area is 151 Å². The Bertz CT molecular complexity index is 743. The summed E-state index contributed by atoms with van der Waals surface area (Å²) in [4.78, 5) is 5.62. The smallest absolute Gasteiger partial charge is 0.130 e. The van der Waals surface area contributed by atoms with E-state index in [1.165, 1.54) is 0 Å². The van der Waals surface area contributed by atoms with Crippen molar-refractivity contribution in [3.05, 3.63) is 76.5 Å². The average Bonchev–Trinajstić information content (AvgIpc) is 3.28. The van der Waals surface area contributed by atoms with Gasteiger partial charge in [-0.3, -0.25) is 0 Å². The van der Waals surface area contributed by atoms with Gasteiger partial charge in [0.25, 0.3) is 0 Å². The first kappa shape index (κ1) is 17.8. The van der Waals surface area contributed by atoms with Gasteiger partial charge >= 0.3 is 0 Å². The Hall–Kier alpha value is -1.99. The highest BCUT2D eigenvalue weighted by Crippen LogP contribution is 2.20. The van der Waals surface area contributed by atoms with Crippen LogP contribution in [0, 0.1) is 0 Å². The van der Waals surface area contributed by atoms with Crippen molar-refractivity contribution in [2.24, 2.45) is 7.05 Å². The van der Waals surface area contributed by atoms with Gasteiger partial charge in [-0.1, -0.05) is 36.4 Å². The molecular formula is C19H23N3O2S. The molecule has 132 valence electrons. The van der Waals surface area contributed by atoms with Crippen LogP contribution >= 0.6 is 11.3 Å². The summed E-state index contributed by atoms with van der Waals surface area (Å²) < 4.78 is 7.58. The van der Waals surface area contributed by atoms with Crippen LogP contribution in [0.1, 0.15) is 22.3 Å². The number of nitrogens with one attached hydrogen (secondary N) is 1. The summed E-state index contributed by atoms with van der Waals surface area (Å²) in [5, 5.41) is 15.7. The molecule has 0 fully saturated rings. The van der Waals surface area contributed by atoms with Gasteiger partial charge in [-0.25, -0.2) is 4.98 Å². The Balaban J connectivity index is 1.56. The minimum atomic E-state index is -0.577. The van der Waals surface area contributed by atoms with E-state index in [0.29, 0.717) is 19.8 Å². The van der Waals surface area contributed by atoms with Crippen molar-refractivity contribution in [1.82, 2.24) is 14.9 Å². The summed E-state index contributed by atoms with van der Waals surface area (Å²) in [7, 11) is 1.97. The van der Waals surface area contributed by atoms with Gasteiger partial charge in [0.2, 0.25) is 0 Å². The maximum absolute atomic E-state index is 10.2. The van der Waals surface area contributed by atoms with Gasteiger partial charge < -0.3 is 19.7 Å². The summed E-state index contributed by atoms with van der Waals surface area (Å²) in [6.45, 7) is 1.26. The lowest BCUT2D eigenvalue weighted by molar-refractivity contribution is 0.0289. The molecular weight excluding hydrogens is 334 g/mol. The number of aromatic nitrogens is 2. The van der Waals surface area contributed by atoms with Crippen LogP contribution in [0.15, 0.2) is 60.2 Å². The molecule has 25 heavy (non-hydrogen) atoms. The molecule has 0 radical (unpaired) electrons. The SMILES string of the molecule is Cn1ccnc1[C@H](NC[C@@H](O)COCc1cccs1)c1ccccc1. The fraction of sp³-hybridized carbons (Fsp3) is 0.316. The van der Waals surface area contributed by atoms with Crippen molar-refractivity contribution < 1.29 is 9.84 Å². The van der Waals surface area contributed by atoms with Gasteiger partial charge in [-0.05, 0) is 17.0 Å². The van der Waals surface area contributed by atoms with Crippen LogP contribution in [0.25, 0.3) is 0 Å². The summed E-state index contributed by atoms with van der Waals surface area (Å²) in [5.74, 6) is 0.915. The molecule has 0 bridgehead atoms. The topological polar surface area (TPSA) is 59.3 Å². The molecule has 0 aliphatic heterocycles. The van der Waals surface area contributed by atoms with E-state index in [1.54, 1.807) is 17.5 Å². The second kappa shape index (κ2) is 8.92. The highest BCUT2D eigenvalue weighted by Gasteiger charge is 2.19. The van der Waals surface area contributed by atoms with Crippen LogP contribution < -0.4 is 5.32 Å². The lowest BCUT2D eigenvalue weighted by Gasteiger charge is -2.21. The number of rotatable bonds is 9. The number of thiophene rings is 1. The highest BCUT2D eigenvalue weighted by atomic mass is 32.1. The summed E-state index contributed by atoms with van der Waals surface area (Å²) in [6, 6.07) is 14.1. The van der Waals surface area contributed by atoms with E-state index in [0.717, 1.165) is 16.3 Å². The van der Waals surface area contributed by atoms with E-state index in [2.05, 4.69) is 22.4 Å². The first-order valence-corrected chi connectivity index (χ1v) is 9.15. The molecule has 2 atom stereocenters. The number of aliphatic hydroxyl groups is 1. The second-order valence-corrected chi connectivity index (χ2v) is 6.93. The van der Waals surface area contributed by atoms with Crippen molar-refractivity contribution >= 4 is 11.3 Å². The minimum absolute atomic E-state index is 0.0758. The molecule has 6 heteroatoms. The third-order valence-electron chi connectivity index (χ3n) is 3.94. The monoisotopic (exact) mass is 357 g/mol. The zero-order valence-electron chi connectivity index (χ0n) is 14.2. The molecule has 0 saturated carbocycles. The predicted molar refractivity (Wildman–Crippen MR) is 99.5 cm³/mol. The van der Waals surface area contributed by atoms with Crippen molar-refractivity contribution in [2.75, 3.05) is 13.2 Å². The number of hydrogen-bond acceptors (Lipinski definition) is 5. The van der Waals surface area contributed by atoms with Gasteiger partial charge in [0, 0.05) is 30.9 Å². The molecule has 3 aromatic rings. The van der Waals surface area contributed by atoms with Crippen molar-refractivity contribution in [1.29, 1.82) is 0 Å². The van der Waals surface area contributed by atoms with E-state index in [1.807, 2.05) is 53.5 Å². The third-order valence-corrected chi connectivity index (χ3v) is 4.79. The normalized spacial score (nSPS) is 13.7. The molecule has 3 rings (SSSR count). The average molecular weight is 357 g/mol. The fourth-order valence-electron chi connectivity index (χ4n) is 2.66. The van der Waals surface area contributed by atoms with Crippen LogP contribution in [-0.4, -0.2) is 33.9 Å². The lowest BCUT2D eigenvalue weighted by atomic mass is 10.1. The number of ether oxygens (including phenoxy) is 1. The number of benzene rings is 1. The number of aryl methyl sites for hydroxylation is 1. The van der Waals surface area contributed by atoms with E-state index in [-0.39, 0.29) is 6.04 Å². The van der Waals surface area contributed by atoms with Crippen LogP contribution in [-0.2, 0) is 18.4 Å². The largest absolute Gasteiger partial charge is 0.389 e. The molecule has 0 aliphatic carbocycles. The van der Waals surface area contributed by atoms with E-state index in [4.69, 9.17) is 4.74 Å². The molecule has 0 amide bonds. The molecule has 2 N–H and O–H groups in total. The van der Waals surface area contributed by atoms with Gasteiger partial charge in [0.15, 0.2) is 0 Å². The Morgan fingerprint density at radius 1 is 1.24 bits per heavy atom. The molecule has 1 aromatic carbocycles. The Kier molecular flexibility index (Phi) is 6.36. The van der Waals surface area contributed by atoms with Crippen LogP contribution in [0.3, 0.4) is 0 Å². The molecule has 0 spiro atoms. The van der Waals surface area contributed by atoms with Crippen molar-refractivity contribution in [3.8, 4) is 0 Å². The first-order chi connectivity index (χ1) is 12.2. The van der Waals surface area contributed by atoms with Crippen LogP contribution in [0.5, 0.6) is 0 Å². The molecule has 0 unspecified atom stereocenters. The lowest BCUT2D eigenvalue weighted by Crippen LogP contribution is -2.34. The van der Waals surface area contributed by atoms with Gasteiger partial charge in [-0.15, -0.1) is 11.3 Å². The molecule has 0 aliphatic rings. The second-order valence-electron chi connectivity index (χ2n) is 5.90. The highest BCUT2D eigenvalue weighted by molar-refractivity contribution is 7.09. The molecule has 2 heterocycles. The number of imidazole rings is 1. The summed E-state index contributed by atoms with van der Waals surface area (Å²) in [5.41, 5.74) is 1.11.